The van der Waals surface area contributed by atoms with E-state index in [2.05, 4.69) is 10.6 Å². The number of carbonyl (C=O) groups excluding carboxylic acids is 3. The van der Waals surface area contributed by atoms with Crippen molar-refractivity contribution in [2.75, 3.05) is 24.4 Å². The lowest BCUT2D eigenvalue weighted by atomic mass is 10.1. The van der Waals surface area contributed by atoms with Crippen LogP contribution in [0.1, 0.15) is 20.7 Å². The van der Waals surface area contributed by atoms with Crippen LogP contribution in [0.25, 0.3) is 0 Å². The third-order valence-corrected chi connectivity index (χ3v) is 4.68. The SMILES string of the molecule is COc1ccc(NC(=O)c2ccccc2NC(=O)c2ccsc2)cc1OCC(N)=O. The molecule has 30 heavy (non-hydrogen) atoms. The Morgan fingerprint density at radius 1 is 1.00 bits per heavy atom. The fraction of sp³-hybridized carbons (Fsp3) is 0.0952. The number of amides is 3. The quantitative estimate of drug-likeness (QED) is 0.512. The van der Waals surface area contributed by atoms with Crippen molar-refractivity contribution in [3.63, 3.8) is 0 Å². The summed E-state index contributed by atoms with van der Waals surface area (Å²) in [6.07, 6.45) is 0. The van der Waals surface area contributed by atoms with Gasteiger partial charge in [-0.15, -0.1) is 0 Å². The fourth-order valence-electron chi connectivity index (χ4n) is 2.59. The van der Waals surface area contributed by atoms with E-state index >= 15 is 0 Å². The van der Waals surface area contributed by atoms with E-state index in [1.54, 1.807) is 53.2 Å². The van der Waals surface area contributed by atoms with Crippen LogP contribution in [-0.2, 0) is 4.79 Å². The topological polar surface area (TPSA) is 120 Å². The second-order valence-electron chi connectivity index (χ2n) is 6.09. The van der Waals surface area contributed by atoms with Crippen LogP contribution in [0, 0.1) is 0 Å². The Kier molecular flexibility index (Phi) is 6.66. The first-order valence-electron chi connectivity index (χ1n) is 8.81. The number of thiophene rings is 1. The van der Waals surface area contributed by atoms with Gasteiger partial charge in [0.1, 0.15) is 0 Å². The Morgan fingerprint density at radius 2 is 1.80 bits per heavy atom. The molecule has 9 heteroatoms. The molecule has 0 fully saturated rings. The Balaban J connectivity index is 1.78. The van der Waals surface area contributed by atoms with Crippen molar-refractivity contribution in [2.24, 2.45) is 5.73 Å². The van der Waals surface area contributed by atoms with Crippen molar-refractivity contribution in [2.45, 2.75) is 0 Å². The van der Waals surface area contributed by atoms with Crippen molar-refractivity contribution in [3.05, 3.63) is 70.4 Å². The summed E-state index contributed by atoms with van der Waals surface area (Å²) >= 11 is 1.41. The summed E-state index contributed by atoms with van der Waals surface area (Å²) in [5.74, 6) is -0.724. The first-order valence-corrected chi connectivity index (χ1v) is 9.75. The monoisotopic (exact) mass is 425 g/mol. The van der Waals surface area contributed by atoms with Gasteiger partial charge in [0.25, 0.3) is 17.7 Å². The molecule has 0 aliphatic carbocycles. The molecular weight excluding hydrogens is 406 g/mol. The molecule has 154 valence electrons. The third kappa shape index (κ3) is 5.15. The highest BCUT2D eigenvalue weighted by atomic mass is 32.1. The van der Waals surface area contributed by atoms with Gasteiger partial charge in [-0.05, 0) is 35.7 Å². The Labute approximate surface area is 176 Å². The molecule has 2 aromatic carbocycles. The smallest absolute Gasteiger partial charge is 0.257 e. The number of benzene rings is 2. The van der Waals surface area contributed by atoms with Gasteiger partial charge in [-0.2, -0.15) is 11.3 Å². The zero-order chi connectivity index (χ0) is 21.5. The van der Waals surface area contributed by atoms with E-state index in [-0.39, 0.29) is 23.8 Å². The zero-order valence-electron chi connectivity index (χ0n) is 16.0. The van der Waals surface area contributed by atoms with E-state index in [0.29, 0.717) is 22.7 Å². The molecule has 4 N–H and O–H groups in total. The molecule has 0 saturated heterocycles. The molecule has 0 atom stereocenters. The molecular formula is C21H19N3O5S. The van der Waals surface area contributed by atoms with E-state index < -0.39 is 11.8 Å². The molecule has 3 rings (SSSR count). The molecule has 1 aromatic heterocycles. The number of hydrogen-bond acceptors (Lipinski definition) is 6. The van der Waals surface area contributed by atoms with Gasteiger partial charge in [0.05, 0.1) is 23.9 Å². The Hall–Kier alpha value is -3.85. The van der Waals surface area contributed by atoms with Crippen LogP contribution in [0.5, 0.6) is 11.5 Å². The predicted molar refractivity (Wildman–Crippen MR) is 114 cm³/mol. The third-order valence-electron chi connectivity index (χ3n) is 3.99. The zero-order valence-corrected chi connectivity index (χ0v) is 16.8. The molecule has 1 heterocycles. The van der Waals surface area contributed by atoms with Gasteiger partial charge >= 0.3 is 0 Å². The van der Waals surface area contributed by atoms with Crippen molar-refractivity contribution in [1.82, 2.24) is 0 Å². The molecule has 3 amide bonds. The highest BCUT2D eigenvalue weighted by Crippen LogP contribution is 2.30. The Bertz CT molecular complexity index is 1070. The van der Waals surface area contributed by atoms with Crippen molar-refractivity contribution < 1.29 is 23.9 Å². The summed E-state index contributed by atoms with van der Waals surface area (Å²) in [5.41, 5.74) is 6.71. The fourth-order valence-corrected chi connectivity index (χ4v) is 3.23. The lowest BCUT2D eigenvalue weighted by Crippen LogP contribution is -2.20. The number of nitrogens with one attached hydrogen (secondary N) is 2. The summed E-state index contributed by atoms with van der Waals surface area (Å²) in [5, 5.41) is 9.02. The summed E-state index contributed by atoms with van der Waals surface area (Å²) < 4.78 is 10.5. The normalized spacial score (nSPS) is 10.2. The van der Waals surface area contributed by atoms with E-state index in [4.69, 9.17) is 15.2 Å². The predicted octanol–water partition coefficient (Wildman–Crippen LogP) is 3.13. The first-order chi connectivity index (χ1) is 14.5. The van der Waals surface area contributed by atoms with Crippen LogP contribution >= 0.6 is 11.3 Å². The largest absolute Gasteiger partial charge is 0.493 e. The number of nitrogens with two attached hydrogens (primary N) is 1. The number of methoxy groups -OCH3 is 1. The highest BCUT2D eigenvalue weighted by Gasteiger charge is 2.16. The number of anilines is 2. The summed E-state index contributed by atoms with van der Waals surface area (Å²) in [6.45, 7) is -0.328. The molecule has 0 aliphatic rings. The van der Waals surface area contributed by atoms with E-state index in [9.17, 15) is 14.4 Å². The van der Waals surface area contributed by atoms with E-state index in [0.717, 1.165) is 0 Å². The second kappa shape index (κ2) is 9.57. The van der Waals surface area contributed by atoms with Crippen LogP contribution in [0.15, 0.2) is 59.3 Å². The molecule has 8 nitrogen and oxygen atoms in total. The van der Waals surface area contributed by atoms with Crippen LogP contribution in [-0.4, -0.2) is 31.4 Å². The number of ether oxygens (including phenoxy) is 2. The summed E-state index contributed by atoms with van der Waals surface area (Å²) in [4.78, 5) is 36.2. The van der Waals surface area contributed by atoms with Crippen LogP contribution in [0.4, 0.5) is 11.4 Å². The molecule has 0 unspecified atom stereocenters. The van der Waals surface area contributed by atoms with Gasteiger partial charge < -0.3 is 25.8 Å². The lowest BCUT2D eigenvalue weighted by Gasteiger charge is -2.13. The average molecular weight is 425 g/mol. The van der Waals surface area contributed by atoms with Gasteiger partial charge in [-0.1, -0.05) is 12.1 Å². The first kappa shape index (κ1) is 20.9. The number of primary amides is 1. The van der Waals surface area contributed by atoms with Gasteiger partial charge in [0.2, 0.25) is 0 Å². The van der Waals surface area contributed by atoms with Gasteiger partial charge in [-0.25, -0.2) is 0 Å². The van der Waals surface area contributed by atoms with E-state index in [1.807, 2.05) is 0 Å². The molecule has 0 radical (unpaired) electrons. The van der Waals surface area contributed by atoms with Crippen molar-refractivity contribution in [3.8, 4) is 11.5 Å². The van der Waals surface area contributed by atoms with Gasteiger partial charge in [0.15, 0.2) is 18.1 Å². The number of para-hydroxylation sites is 1. The maximum atomic E-state index is 12.8. The van der Waals surface area contributed by atoms with Gasteiger partial charge in [-0.3, -0.25) is 14.4 Å². The van der Waals surface area contributed by atoms with Gasteiger partial charge in [0, 0.05) is 17.1 Å². The number of carbonyl (C=O) groups is 3. The highest BCUT2D eigenvalue weighted by molar-refractivity contribution is 7.08. The molecule has 0 spiro atoms. The number of hydrogen-bond donors (Lipinski definition) is 3. The maximum Gasteiger partial charge on any atom is 0.257 e. The minimum atomic E-state index is -0.637. The number of rotatable bonds is 8. The van der Waals surface area contributed by atoms with Crippen molar-refractivity contribution in [1.29, 1.82) is 0 Å². The molecule has 0 saturated carbocycles. The van der Waals surface area contributed by atoms with Crippen LogP contribution in [0.2, 0.25) is 0 Å². The minimum Gasteiger partial charge on any atom is -0.493 e. The average Bonchev–Trinajstić information content (AvgIpc) is 3.28. The van der Waals surface area contributed by atoms with Crippen LogP contribution < -0.4 is 25.8 Å². The van der Waals surface area contributed by atoms with E-state index in [1.165, 1.54) is 24.5 Å². The van der Waals surface area contributed by atoms with Crippen molar-refractivity contribution >= 4 is 40.4 Å². The summed E-state index contributed by atoms with van der Waals surface area (Å²) in [6, 6.07) is 13.1. The second-order valence-corrected chi connectivity index (χ2v) is 6.87. The molecule has 3 aromatic rings. The molecule has 0 aliphatic heterocycles. The summed E-state index contributed by atoms with van der Waals surface area (Å²) in [7, 11) is 1.46. The molecule has 0 bridgehead atoms. The lowest BCUT2D eigenvalue weighted by molar-refractivity contribution is -0.119. The maximum absolute atomic E-state index is 12.8. The standard InChI is InChI=1S/C21H19N3O5S/c1-28-17-7-6-14(10-18(17)29-11-19(22)25)23-21(27)15-4-2-3-5-16(15)24-20(26)13-8-9-30-12-13/h2-10,12H,11H2,1H3,(H2,22,25)(H,23,27)(H,24,26). The minimum absolute atomic E-state index is 0.258. The van der Waals surface area contributed by atoms with Crippen LogP contribution in [0.3, 0.4) is 0 Å². The Morgan fingerprint density at radius 3 is 2.50 bits per heavy atom.